The van der Waals surface area contributed by atoms with Gasteiger partial charge in [0, 0.05) is 66.9 Å². The predicted octanol–water partition coefficient (Wildman–Crippen LogP) is 5.79. The van der Waals surface area contributed by atoms with Crippen LogP contribution in [0.1, 0.15) is 103 Å². The minimum absolute atomic E-state index is 0.0178. The summed E-state index contributed by atoms with van der Waals surface area (Å²) >= 11 is 0. The average molecular weight is 658 g/mol. The van der Waals surface area contributed by atoms with Gasteiger partial charge in [-0.25, -0.2) is 9.37 Å². The highest BCUT2D eigenvalue weighted by Crippen LogP contribution is 2.33. The molecule has 1 unspecified atom stereocenters. The number of carbonyl (C=O) groups excluding carboxylic acids is 2. The number of nitrogens with zero attached hydrogens (tertiary/aromatic N) is 4. The quantitative estimate of drug-likeness (QED) is 0.142. The van der Waals surface area contributed by atoms with E-state index in [1.54, 1.807) is 22.8 Å². The Balaban J connectivity index is 0.945. The molecule has 0 radical (unpaired) electrons. The van der Waals surface area contributed by atoms with E-state index in [2.05, 4.69) is 15.4 Å². The number of benzene rings is 2. The molecule has 2 aliphatic heterocycles. The summed E-state index contributed by atoms with van der Waals surface area (Å²) in [6.07, 6.45) is 5.80. The largest absolute Gasteiger partial charge is 0.370 e. The topological polar surface area (TPSA) is 120 Å². The highest BCUT2D eigenvalue weighted by atomic mass is 19.1. The Bertz CT molecular complexity index is 1810. The smallest absolute Gasteiger partial charge is 0.257 e. The number of fused-ring (bicyclic) bond motifs is 2. The zero-order valence-corrected chi connectivity index (χ0v) is 27.8. The molecule has 1 saturated heterocycles. The van der Waals surface area contributed by atoms with E-state index in [9.17, 15) is 18.8 Å². The Kier molecular flexibility index (Phi) is 10.8. The summed E-state index contributed by atoms with van der Waals surface area (Å²) in [6.45, 7) is 7.60. The first-order valence-electron chi connectivity index (χ1n) is 17.1. The predicted molar refractivity (Wildman–Crippen MR) is 179 cm³/mol. The number of Topliss-reactive ketones (excluding diaryl/α,β-unsaturated/α-hetero) is 1. The standard InChI is InChI=1S/C37H44FN5O5/c1-24-30(16-20-42-18-14-28(15-19-42)35-31-13-12-29(38)22-33(31)48-41-35)37(46)43-17-5-6-32(36(43)40-24)47-21-4-3-7-34(45)39-23-26-8-10-27(11-9-26)25(2)44/h8-13,22,28,32H,3-7,14-21,23H2,1-2H3,(H,39,45). The number of ketones is 1. The maximum absolute atomic E-state index is 13.6. The van der Waals surface area contributed by atoms with Crippen molar-refractivity contribution in [1.29, 1.82) is 0 Å². The molecule has 0 aliphatic carbocycles. The second-order valence-corrected chi connectivity index (χ2v) is 13.1. The van der Waals surface area contributed by atoms with Gasteiger partial charge >= 0.3 is 0 Å². The third-order valence-electron chi connectivity index (χ3n) is 9.72. The lowest BCUT2D eigenvalue weighted by Crippen LogP contribution is -2.38. The van der Waals surface area contributed by atoms with Crippen LogP contribution in [0.4, 0.5) is 4.39 Å². The first-order valence-corrected chi connectivity index (χ1v) is 17.1. The van der Waals surface area contributed by atoms with Gasteiger partial charge in [-0.1, -0.05) is 29.4 Å². The third kappa shape index (κ3) is 7.90. The second-order valence-electron chi connectivity index (χ2n) is 13.1. The van der Waals surface area contributed by atoms with Crippen molar-refractivity contribution >= 4 is 22.7 Å². The van der Waals surface area contributed by atoms with E-state index in [1.807, 2.05) is 19.1 Å². The number of aromatic nitrogens is 3. The zero-order chi connectivity index (χ0) is 33.6. The molecule has 2 aromatic heterocycles. The zero-order valence-electron chi connectivity index (χ0n) is 27.8. The van der Waals surface area contributed by atoms with Crippen LogP contribution in [0, 0.1) is 12.7 Å². The molecule has 1 N–H and O–H groups in total. The number of amides is 1. The minimum atomic E-state index is -0.326. The monoisotopic (exact) mass is 657 g/mol. The van der Waals surface area contributed by atoms with Crippen molar-refractivity contribution in [3.05, 3.63) is 92.5 Å². The summed E-state index contributed by atoms with van der Waals surface area (Å²) < 4.78 is 27.0. The lowest BCUT2D eigenvalue weighted by molar-refractivity contribution is -0.121. The van der Waals surface area contributed by atoms with Crippen molar-refractivity contribution < 1.29 is 23.2 Å². The van der Waals surface area contributed by atoms with E-state index in [1.165, 1.54) is 19.1 Å². The number of likely N-dealkylation sites (tertiary alicyclic amines) is 1. The van der Waals surface area contributed by atoms with Gasteiger partial charge in [-0.05, 0) is 89.6 Å². The molecule has 48 heavy (non-hydrogen) atoms. The van der Waals surface area contributed by atoms with Crippen LogP contribution in [0.2, 0.25) is 0 Å². The van der Waals surface area contributed by atoms with Crippen molar-refractivity contribution in [1.82, 2.24) is 24.9 Å². The van der Waals surface area contributed by atoms with Gasteiger partial charge in [-0.2, -0.15) is 0 Å². The van der Waals surface area contributed by atoms with Gasteiger partial charge in [0.15, 0.2) is 11.4 Å². The molecule has 1 atom stereocenters. The summed E-state index contributed by atoms with van der Waals surface area (Å²) in [4.78, 5) is 44.6. The first-order chi connectivity index (χ1) is 23.3. The molecule has 254 valence electrons. The molecular formula is C37H44FN5O5. The molecule has 0 saturated carbocycles. The number of piperidine rings is 1. The molecule has 6 rings (SSSR count). The van der Waals surface area contributed by atoms with Gasteiger partial charge in [0.05, 0.1) is 5.69 Å². The normalized spacial score (nSPS) is 17.0. The molecule has 10 nitrogen and oxygen atoms in total. The van der Waals surface area contributed by atoms with Crippen molar-refractivity contribution in [3.8, 4) is 0 Å². The number of unbranched alkanes of at least 4 members (excludes halogenated alkanes) is 1. The van der Waals surface area contributed by atoms with Gasteiger partial charge in [0.25, 0.3) is 5.56 Å². The van der Waals surface area contributed by atoms with Crippen LogP contribution < -0.4 is 10.9 Å². The fraction of sp³-hybridized carbons (Fsp3) is 0.486. The van der Waals surface area contributed by atoms with Crippen LogP contribution in [0.25, 0.3) is 11.0 Å². The second kappa shape index (κ2) is 15.3. The molecule has 0 bridgehead atoms. The Morgan fingerprint density at radius 3 is 2.62 bits per heavy atom. The molecule has 1 amide bonds. The van der Waals surface area contributed by atoms with Crippen molar-refractivity contribution in [3.63, 3.8) is 0 Å². The number of rotatable bonds is 13. The lowest BCUT2D eigenvalue weighted by Gasteiger charge is -2.31. The molecule has 4 aromatic rings. The van der Waals surface area contributed by atoms with Crippen LogP contribution in [0.5, 0.6) is 0 Å². The highest BCUT2D eigenvalue weighted by Gasteiger charge is 2.28. The van der Waals surface area contributed by atoms with Crippen LogP contribution in [0.3, 0.4) is 0 Å². The van der Waals surface area contributed by atoms with Crippen LogP contribution in [-0.4, -0.2) is 57.5 Å². The molecule has 1 fully saturated rings. The van der Waals surface area contributed by atoms with E-state index in [0.717, 1.165) is 79.6 Å². The number of nitrogens with one attached hydrogen (secondary N) is 1. The maximum atomic E-state index is 13.6. The fourth-order valence-corrected chi connectivity index (χ4v) is 6.88. The van der Waals surface area contributed by atoms with Gasteiger partial charge in [0.1, 0.15) is 17.7 Å². The number of hydrogen-bond acceptors (Lipinski definition) is 8. The van der Waals surface area contributed by atoms with Crippen molar-refractivity contribution in [2.24, 2.45) is 0 Å². The third-order valence-corrected chi connectivity index (χ3v) is 9.72. The first kappa shape index (κ1) is 33.7. The van der Waals surface area contributed by atoms with E-state index in [4.69, 9.17) is 14.2 Å². The molecule has 2 aromatic carbocycles. The van der Waals surface area contributed by atoms with Crippen molar-refractivity contribution in [2.45, 2.75) is 90.3 Å². The highest BCUT2D eigenvalue weighted by molar-refractivity contribution is 5.94. The van der Waals surface area contributed by atoms with Gasteiger partial charge in [-0.15, -0.1) is 0 Å². The van der Waals surface area contributed by atoms with Crippen LogP contribution in [0.15, 0.2) is 51.8 Å². The number of ether oxygens (including phenoxy) is 1. The SMILES string of the molecule is CC(=O)c1ccc(CNC(=O)CCCCOC2CCCn3c2nc(C)c(CCN2CCC(c4noc5cc(F)ccc45)CC2)c3=O)cc1. The molecule has 0 spiro atoms. The summed E-state index contributed by atoms with van der Waals surface area (Å²) in [6, 6.07) is 11.8. The summed E-state index contributed by atoms with van der Waals surface area (Å²) in [5.41, 5.74) is 4.58. The summed E-state index contributed by atoms with van der Waals surface area (Å²) in [7, 11) is 0. The Morgan fingerprint density at radius 2 is 1.85 bits per heavy atom. The van der Waals surface area contributed by atoms with Gasteiger partial charge in [0.2, 0.25) is 5.91 Å². The van der Waals surface area contributed by atoms with Gasteiger partial charge in [-0.3, -0.25) is 19.0 Å². The molecular weight excluding hydrogens is 613 g/mol. The Morgan fingerprint density at radius 1 is 1.06 bits per heavy atom. The van der Waals surface area contributed by atoms with E-state index >= 15 is 0 Å². The van der Waals surface area contributed by atoms with Crippen molar-refractivity contribution in [2.75, 3.05) is 26.2 Å². The fourth-order valence-electron chi connectivity index (χ4n) is 6.88. The minimum Gasteiger partial charge on any atom is -0.370 e. The summed E-state index contributed by atoms with van der Waals surface area (Å²) in [5.74, 6) is 0.653. The Labute approximate surface area is 279 Å². The van der Waals surface area contributed by atoms with Crippen LogP contribution in [-0.2, 0) is 29.0 Å². The number of carbonyl (C=O) groups is 2. The Hall–Kier alpha value is -4.22. The lowest BCUT2D eigenvalue weighted by atomic mass is 9.91. The van der Waals surface area contributed by atoms with Crippen LogP contribution >= 0.6 is 0 Å². The van der Waals surface area contributed by atoms with E-state index < -0.39 is 0 Å². The average Bonchev–Trinajstić information content (AvgIpc) is 3.50. The van der Waals surface area contributed by atoms with E-state index in [-0.39, 0.29) is 35.1 Å². The molecule has 4 heterocycles. The van der Waals surface area contributed by atoms with Gasteiger partial charge < -0.3 is 19.5 Å². The number of halogens is 1. The maximum Gasteiger partial charge on any atom is 0.257 e. The molecule has 11 heteroatoms. The molecule has 2 aliphatic rings. The summed E-state index contributed by atoms with van der Waals surface area (Å²) in [5, 5.41) is 8.08. The van der Waals surface area contributed by atoms with E-state index in [0.29, 0.717) is 55.9 Å². The number of hydrogen-bond donors (Lipinski definition) is 1. The number of aryl methyl sites for hydroxylation is 1.